The Kier molecular flexibility index (Phi) is 2.98. The Labute approximate surface area is 117 Å². The van der Waals surface area contributed by atoms with Crippen LogP contribution >= 0.6 is 0 Å². The van der Waals surface area contributed by atoms with Crippen molar-refractivity contribution in [3.05, 3.63) is 57.6 Å². The van der Waals surface area contributed by atoms with E-state index in [1.807, 2.05) is 0 Å². The molecule has 0 fully saturated rings. The van der Waals surface area contributed by atoms with Crippen molar-refractivity contribution >= 4 is 16.7 Å². The molecule has 3 rings (SSSR count). The van der Waals surface area contributed by atoms with Crippen molar-refractivity contribution in [1.82, 2.24) is 19.1 Å². The lowest BCUT2D eigenvalue weighted by molar-refractivity contribution is 0.611. The van der Waals surface area contributed by atoms with E-state index in [9.17, 15) is 14.1 Å². The summed E-state index contributed by atoms with van der Waals surface area (Å²) in [5.74, 6) is -0.00826. The fourth-order valence-corrected chi connectivity index (χ4v) is 2.11. The minimum absolute atomic E-state index is 0.00826. The standard InChI is InChI=1S/C13H10FN5O2/c1-18-10-4-5-15-7-9(10)12(20)19(13(18)21)8-2-3-11(17-14)16-6-8/h2-7H,1H3,(H,16,17). The summed E-state index contributed by atoms with van der Waals surface area (Å²) in [7, 11) is 1.56. The lowest BCUT2D eigenvalue weighted by Crippen LogP contribution is -2.38. The number of aryl methyl sites for hydroxylation is 1. The van der Waals surface area contributed by atoms with Crippen LogP contribution in [0.3, 0.4) is 0 Å². The van der Waals surface area contributed by atoms with Gasteiger partial charge in [-0.3, -0.25) is 14.3 Å². The van der Waals surface area contributed by atoms with Gasteiger partial charge in [-0.05, 0) is 18.2 Å². The number of pyridine rings is 2. The van der Waals surface area contributed by atoms with Crippen LogP contribution in [-0.4, -0.2) is 19.1 Å². The zero-order valence-corrected chi connectivity index (χ0v) is 10.9. The Balaban J connectivity index is 2.37. The highest BCUT2D eigenvalue weighted by molar-refractivity contribution is 5.76. The third kappa shape index (κ3) is 1.97. The monoisotopic (exact) mass is 287 g/mol. The fraction of sp³-hybridized carbons (Fsp3) is 0.0769. The average Bonchev–Trinajstić information content (AvgIpc) is 2.53. The lowest BCUT2D eigenvalue weighted by atomic mass is 10.3. The van der Waals surface area contributed by atoms with Gasteiger partial charge in [0.15, 0.2) is 5.82 Å². The van der Waals surface area contributed by atoms with Gasteiger partial charge in [-0.25, -0.2) is 19.9 Å². The zero-order chi connectivity index (χ0) is 15.0. The van der Waals surface area contributed by atoms with E-state index in [1.165, 1.54) is 40.8 Å². The molecule has 3 heterocycles. The summed E-state index contributed by atoms with van der Waals surface area (Å²) in [6.07, 6.45) is 4.15. The minimum atomic E-state index is -0.513. The molecule has 0 amide bonds. The number of halogens is 1. The minimum Gasteiger partial charge on any atom is -0.296 e. The maximum atomic E-state index is 12.4. The maximum Gasteiger partial charge on any atom is 0.335 e. The molecule has 106 valence electrons. The highest BCUT2D eigenvalue weighted by Crippen LogP contribution is 2.09. The van der Waals surface area contributed by atoms with E-state index in [0.717, 1.165) is 4.57 Å². The largest absolute Gasteiger partial charge is 0.335 e. The van der Waals surface area contributed by atoms with E-state index < -0.39 is 11.2 Å². The Morgan fingerprint density at radius 2 is 2.00 bits per heavy atom. The molecule has 0 saturated carbocycles. The number of rotatable bonds is 2. The van der Waals surface area contributed by atoms with Crippen molar-refractivity contribution in [2.75, 3.05) is 5.54 Å². The second-order valence-corrected chi connectivity index (χ2v) is 4.37. The number of hydrogen-bond donors (Lipinski definition) is 1. The van der Waals surface area contributed by atoms with Crippen LogP contribution in [0.25, 0.3) is 16.6 Å². The first-order valence-electron chi connectivity index (χ1n) is 6.02. The second kappa shape index (κ2) is 4.82. The third-order valence-corrected chi connectivity index (χ3v) is 3.17. The molecule has 3 aromatic rings. The van der Waals surface area contributed by atoms with Gasteiger partial charge in [0.25, 0.3) is 5.56 Å². The van der Waals surface area contributed by atoms with Crippen molar-refractivity contribution in [3.63, 3.8) is 0 Å². The van der Waals surface area contributed by atoms with Gasteiger partial charge in [0.2, 0.25) is 0 Å². The second-order valence-electron chi connectivity index (χ2n) is 4.37. The Morgan fingerprint density at radius 3 is 2.67 bits per heavy atom. The van der Waals surface area contributed by atoms with Gasteiger partial charge >= 0.3 is 5.69 Å². The summed E-state index contributed by atoms with van der Waals surface area (Å²) in [6.45, 7) is 0. The van der Waals surface area contributed by atoms with E-state index in [4.69, 9.17) is 0 Å². The van der Waals surface area contributed by atoms with Crippen molar-refractivity contribution in [3.8, 4) is 5.69 Å². The van der Waals surface area contributed by atoms with Crippen LogP contribution in [0.4, 0.5) is 10.3 Å². The molecule has 0 aliphatic carbocycles. The quantitative estimate of drug-likeness (QED) is 0.704. The third-order valence-electron chi connectivity index (χ3n) is 3.17. The van der Waals surface area contributed by atoms with Crippen molar-refractivity contribution in [1.29, 1.82) is 0 Å². The van der Waals surface area contributed by atoms with Crippen LogP contribution < -0.4 is 16.8 Å². The topological polar surface area (TPSA) is 81.8 Å². The van der Waals surface area contributed by atoms with Crippen LogP contribution in [0.5, 0.6) is 0 Å². The highest BCUT2D eigenvalue weighted by atomic mass is 19.2. The normalized spacial score (nSPS) is 10.8. The van der Waals surface area contributed by atoms with E-state index >= 15 is 0 Å². The summed E-state index contributed by atoms with van der Waals surface area (Å²) >= 11 is 0. The number of nitrogens with zero attached hydrogens (tertiary/aromatic N) is 4. The molecular weight excluding hydrogens is 277 g/mol. The van der Waals surface area contributed by atoms with E-state index in [1.54, 1.807) is 13.1 Å². The smallest absolute Gasteiger partial charge is 0.296 e. The SMILES string of the molecule is Cn1c(=O)n(-c2ccc(NF)nc2)c(=O)c2cnccc21. The predicted octanol–water partition coefficient (Wildman–Crippen LogP) is 0.776. The molecule has 0 spiro atoms. The molecule has 8 heteroatoms. The van der Waals surface area contributed by atoms with Crippen molar-refractivity contribution in [2.45, 2.75) is 0 Å². The van der Waals surface area contributed by atoms with Gasteiger partial charge in [0.05, 0.1) is 22.8 Å². The first-order valence-corrected chi connectivity index (χ1v) is 6.02. The molecule has 0 bridgehead atoms. The molecule has 21 heavy (non-hydrogen) atoms. The van der Waals surface area contributed by atoms with Crippen LogP contribution in [0.15, 0.2) is 46.4 Å². The summed E-state index contributed by atoms with van der Waals surface area (Å²) in [5, 5.41) is 0.312. The number of aromatic nitrogens is 4. The van der Waals surface area contributed by atoms with Gasteiger partial charge in [-0.2, -0.15) is 0 Å². The van der Waals surface area contributed by atoms with Crippen LogP contribution in [0.1, 0.15) is 0 Å². The molecule has 0 unspecified atom stereocenters. The Bertz CT molecular complexity index is 930. The summed E-state index contributed by atoms with van der Waals surface area (Å²) in [4.78, 5) is 32.5. The maximum absolute atomic E-state index is 12.4. The van der Waals surface area contributed by atoms with Gasteiger partial charge in [-0.1, -0.05) is 0 Å². The molecule has 1 N–H and O–H groups in total. The molecule has 0 aromatic carbocycles. The number of hydrogen-bond acceptors (Lipinski definition) is 5. The molecule has 7 nitrogen and oxygen atoms in total. The number of nitrogens with one attached hydrogen (secondary N) is 1. The van der Waals surface area contributed by atoms with Crippen LogP contribution in [0.2, 0.25) is 0 Å². The Morgan fingerprint density at radius 1 is 1.19 bits per heavy atom. The van der Waals surface area contributed by atoms with Crippen LogP contribution in [-0.2, 0) is 7.05 Å². The molecule has 0 aliphatic heterocycles. The molecular formula is C13H10FN5O2. The summed E-state index contributed by atoms with van der Waals surface area (Å²) < 4.78 is 14.6. The van der Waals surface area contributed by atoms with Gasteiger partial charge < -0.3 is 0 Å². The van der Waals surface area contributed by atoms with Gasteiger partial charge in [0, 0.05) is 19.4 Å². The Hall–Kier alpha value is -3.03. The van der Waals surface area contributed by atoms with E-state index in [-0.39, 0.29) is 11.5 Å². The molecule has 0 saturated heterocycles. The van der Waals surface area contributed by atoms with E-state index in [2.05, 4.69) is 9.97 Å². The molecule has 0 aliphatic rings. The predicted molar refractivity (Wildman–Crippen MR) is 75.1 cm³/mol. The fourth-order valence-electron chi connectivity index (χ4n) is 2.11. The summed E-state index contributed by atoms with van der Waals surface area (Å²) in [5.41, 5.74) is 1.12. The van der Waals surface area contributed by atoms with Gasteiger partial charge in [0.1, 0.15) is 0 Å². The van der Waals surface area contributed by atoms with Crippen molar-refractivity contribution < 1.29 is 4.48 Å². The van der Waals surface area contributed by atoms with Gasteiger partial charge in [-0.15, -0.1) is 4.48 Å². The first kappa shape index (κ1) is 13.0. The molecule has 3 aromatic heterocycles. The zero-order valence-electron chi connectivity index (χ0n) is 10.9. The number of fused-ring (bicyclic) bond motifs is 1. The highest BCUT2D eigenvalue weighted by Gasteiger charge is 2.12. The lowest BCUT2D eigenvalue weighted by Gasteiger charge is -2.10. The molecule has 0 atom stereocenters. The number of anilines is 1. The van der Waals surface area contributed by atoms with Crippen LogP contribution in [0, 0.1) is 0 Å². The van der Waals surface area contributed by atoms with Crippen molar-refractivity contribution in [2.24, 2.45) is 7.05 Å². The average molecular weight is 287 g/mol. The molecule has 0 radical (unpaired) electrons. The summed E-state index contributed by atoms with van der Waals surface area (Å²) in [6, 6.07) is 4.35. The first-order chi connectivity index (χ1) is 10.1. The van der Waals surface area contributed by atoms with E-state index in [0.29, 0.717) is 10.9 Å².